The van der Waals surface area contributed by atoms with Crippen molar-refractivity contribution < 1.29 is 17.9 Å². The third-order valence-corrected chi connectivity index (χ3v) is 4.27. The van der Waals surface area contributed by atoms with Crippen LogP contribution in [0.1, 0.15) is 42.1 Å². The minimum atomic E-state index is -3.57. The average molecular weight is 341 g/mol. The van der Waals surface area contributed by atoms with Gasteiger partial charge in [0.15, 0.2) is 15.8 Å². The molecule has 0 spiro atoms. The first-order valence-electron chi connectivity index (χ1n) is 7.28. The summed E-state index contributed by atoms with van der Waals surface area (Å²) in [6.45, 7) is 4.15. The number of aryl methyl sites for hydroxylation is 1. The molecular weight excluding hydrogens is 318 g/mol. The summed E-state index contributed by atoms with van der Waals surface area (Å²) in [4.78, 5) is 15.4. The summed E-state index contributed by atoms with van der Waals surface area (Å²) in [7, 11) is -3.57. The van der Waals surface area contributed by atoms with Crippen LogP contribution in [0.15, 0.2) is 22.0 Å². The van der Waals surface area contributed by atoms with Gasteiger partial charge in [0, 0.05) is 11.8 Å². The van der Waals surface area contributed by atoms with Crippen LogP contribution in [-0.4, -0.2) is 33.1 Å². The molecule has 0 aromatic heterocycles. The molecule has 0 bridgehead atoms. The van der Waals surface area contributed by atoms with Crippen LogP contribution >= 0.6 is 0 Å². The maximum Gasteiger partial charge on any atom is 0.280 e. The molecule has 0 saturated heterocycles. The van der Waals surface area contributed by atoms with Crippen LogP contribution in [0, 0.1) is 6.92 Å². The van der Waals surface area contributed by atoms with Crippen molar-refractivity contribution in [2.75, 3.05) is 12.9 Å². The van der Waals surface area contributed by atoms with Gasteiger partial charge in [0.25, 0.3) is 5.91 Å². The molecule has 1 aromatic carbocycles. The minimum Gasteiger partial charge on any atom is -0.492 e. The van der Waals surface area contributed by atoms with Crippen molar-refractivity contribution in [3.8, 4) is 5.75 Å². The fraction of sp³-hybridized carbons (Fsp3) is 0.467. The Morgan fingerprint density at radius 2 is 1.91 bits per heavy atom. The van der Waals surface area contributed by atoms with E-state index in [-0.39, 0.29) is 22.2 Å². The van der Waals surface area contributed by atoms with E-state index < -0.39 is 15.7 Å². The molecule has 0 aliphatic heterocycles. The monoisotopic (exact) mass is 341 g/mol. The SMILES string of the molecule is CCCCCOc1cc(C)c(C(=O)N=C(N)N)cc1S(C)(=O)=O. The molecular formula is C15H23N3O4S. The first-order valence-corrected chi connectivity index (χ1v) is 9.17. The van der Waals surface area contributed by atoms with Gasteiger partial charge in [-0.25, -0.2) is 8.42 Å². The summed E-state index contributed by atoms with van der Waals surface area (Å²) in [5.74, 6) is -0.831. The van der Waals surface area contributed by atoms with Gasteiger partial charge in [-0.15, -0.1) is 0 Å². The summed E-state index contributed by atoms with van der Waals surface area (Å²) < 4.78 is 29.5. The minimum absolute atomic E-state index is 0.0475. The number of nitrogens with zero attached hydrogens (tertiary/aromatic N) is 1. The lowest BCUT2D eigenvalue weighted by Gasteiger charge is -2.13. The lowest BCUT2D eigenvalue weighted by molar-refractivity contribution is 0.100. The Balaban J connectivity index is 3.25. The number of hydrogen-bond donors (Lipinski definition) is 2. The number of aliphatic imine (C=N–C) groups is 1. The van der Waals surface area contributed by atoms with Crippen molar-refractivity contribution in [3.63, 3.8) is 0 Å². The number of carbonyl (C=O) groups excluding carboxylic acids is 1. The van der Waals surface area contributed by atoms with E-state index in [4.69, 9.17) is 16.2 Å². The van der Waals surface area contributed by atoms with Gasteiger partial charge in [-0.2, -0.15) is 4.99 Å². The first kappa shape index (κ1) is 19.0. The van der Waals surface area contributed by atoms with E-state index >= 15 is 0 Å². The Morgan fingerprint density at radius 1 is 1.26 bits per heavy atom. The standard InChI is InChI=1S/C15H23N3O4S/c1-4-5-6-7-22-12-8-10(2)11(14(19)18-15(16)17)9-13(12)23(3,20)21/h8-9H,4-7H2,1-3H3,(H4,16,17,18,19). The van der Waals surface area contributed by atoms with E-state index in [9.17, 15) is 13.2 Å². The molecule has 0 fully saturated rings. The van der Waals surface area contributed by atoms with E-state index in [1.807, 2.05) is 0 Å². The summed E-state index contributed by atoms with van der Waals surface area (Å²) in [6, 6.07) is 2.78. The lowest BCUT2D eigenvalue weighted by atomic mass is 10.1. The fourth-order valence-electron chi connectivity index (χ4n) is 2.01. The largest absolute Gasteiger partial charge is 0.492 e. The smallest absolute Gasteiger partial charge is 0.280 e. The fourth-order valence-corrected chi connectivity index (χ4v) is 2.82. The first-order chi connectivity index (χ1) is 10.7. The molecule has 0 unspecified atom stereocenters. The van der Waals surface area contributed by atoms with Gasteiger partial charge in [0.05, 0.1) is 6.61 Å². The molecule has 1 aromatic rings. The Morgan fingerprint density at radius 3 is 2.43 bits per heavy atom. The quantitative estimate of drug-likeness (QED) is 0.438. The molecule has 23 heavy (non-hydrogen) atoms. The number of nitrogens with two attached hydrogens (primary N) is 2. The molecule has 4 N–H and O–H groups in total. The van der Waals surface area contributed by atoms with Gasteiger partial charge in [-0.3, -0.25) is 4.79 Å². The van der Waals surface area contributed by atoms with E-state index in [1.165, 1.54) is 12.1 Å². The van der Waals surface area contributed by atoms with Crippen molar-refractivity contribution >= 4 is 21.7 Å². The normalized spacial score (nSPS) is 11.1. The van der Waals surface area contributed by atoms with Crippen LogP contribution in [-0.2, 0) is 9.84 Å². The highest BCUT2D eigenvalue weighted by Gasteiger charge is 2.20. The van der Waals surface area contributed by atoms with Crippen LogP contribution < -0.4 is 16.2 Å². The van der Waals surface area contributed by atoms with Crippen LogP contribution in [0.4, 0.5) is 0 Å². The second-order valence-electron chi connectivity index (χ2n) is 5.28. The van der Waals surface area contributed by atoms with Crippen LogP contribution in [0.5, 0.6) is 5.75 Å². The number of benzene rings is 1. The Hall–Kier alpha value is -2.09. The molecule has 0 aliphatic rings. The molecule has 1 rings (SSSR count). The second kappa shape index (κ2) is 7.96. The summed E-state index contributed by atoms with van der Waals surface area (Å²) in [5.41, 5.74) is 11.0. The third-order valence-electron chi connectivity index (χ3n) is 3.16. The Labute approximate surface area is 136 Å². The number of ether oxygens (including phenoxy) is 1. The second-order valence-corrected chi connectivity index (χ2v) is 7.27. The van der Waals surface area contributed by atoms with Gasteiger partial charge in [0.1, 0.15) is 10.6 Å². The predicted molar refractivity (Wildman–Crippen MR) is 89.4 cm³/mol. The zero-order valence-corrected chi connectivity index (χ0v) is 14.4. The van der Waals surface area contributed by atoms with Gasteiger partial charge < -0.3 is 16.2 Å². The molecule has 0 radical (unpaired) electrons. The summed E-state index contributed by atoms with van der Waals surface area (Å²) in [6.07, 6.45) is 3.92. The van der Waals surface area contributed by atoms with Crippen molar-refractivity contribution in [2.45, 2.75) is 38.0 Å². The molecule has 1 amide bonds. The molecule has 8 heteroatoms. The Bertz CT molecular complexity index is 708. The van der Waals surface area contributed by atoms with Gasteiger partial charge in [-0.05, 0) is 31.0 Å². The highest BCUT2D eigenvalue weighted by Crippen LogP contribution is 2.28. The maximum atomic E-state index is 12.0. The Kier molecular flexibility index (Phi) is 6.56. The summed E-state index contributed by atoms with van der Waals surface area (Å²) in [5, 5.41) is 0. The number of guanidine groups is 1. The van der Waals surface area contributed by atoms with Gasteiger partial charge >= 0.3 is 0 Å². The number of amides is 1. The highest BCUT2D eigenvalue weighted by molar-refractivity contribution is 7.90. The molecule has 128 valence electrons. The van der Waals surface area contributed by atoms with Crippen LogP contribution in [0.25, 0.3) is 0 Å². The zero-order chi connectivity index (χ0) is 17.6. The van der Waals surface area contributed by atoms with Crippen molar-refractivity contribution in [1.82, 2.24) is 0 Å². The van der Waals surface area contributed by atoms with E-state index in [0.717, 1.165) is 25.5 Å². The molecule has 0 heterocycles. The van der Waals surface area contributed by atoms with E-state index in [0.29, 0.717) is 12.2 Å². The van der Waals surface area contributed by atoms with Crippen LogP contribution in [0.3, 0.4) is 0 Å². The molecule has 0 aliphatic carbocycles. The zero-order valence-electron chi connectivity index (χ0n) is 13.6. The molecule has 7 nitrogen and oxygen atoms in total. The highest BCUT2D eigenvalue weighted by atomic mass is 32.2. The number of unbranched alkanes of at least 4 members (excludes halogenated alkanes) is 2. The number of hydrogen-bond acceptors (Lipinski definition) is 4. The van der Waals surface area contributed by atoms with E-state index in [2.05, 4.69) is 11.9 Å². The third kappa shape index (κ3) is 5.55. The maximum absolute atomic E-state index is 12.0. The predicted octanol–water partition coefficient (Wildman–Crippen LogP) is 1.38. The van der Waals surface area contributed by atoms with E-state index in [1.54, 1.807) is 6.92 Å². The topological polar surface area (TPSA) is 125 Å². The molecule has 0 saturated carbocycles. The van der Waals surface area contributed by atoms with Gasteiger partial charge in [-0.1, -0.05) is 19.8 Å². The van der Waals surface area contributed by atoms with Gasteiger partial charge in [0.2, 0.25) is 0 Å². The number of rotatable bonds is 7. The summed E-state index contributed by atoms with van der Waals surface area (Å²) >= 11 is 0. The number of carbonyl (C=O) groups is 1. The van der Waals surface area contributed by atoms with Crippen molar-refractivity contribution in [1.29, 1.82) is 0 Å². The lowest BCUT2D eigenvalue weighted by Crippen LogP contribution is -2.24. The van der Waals surface area contributed by atoms with Crippen molar-refractivity contribution in [2.24, 2.45) is 16.5 Å². The van der Waals surface area contributed by atoms with Crippen molar-refractivity contribution in [3.05, 3.63) is 23.3 Å². The molecule has 0 atom stereocenters. The average Bonchev–Trinajstić information content (AvgIpc) is 2.41. The van der Waals surface area contributed by atoms with Crippen LogP contribution in [0.2, 0.25) is 0 Å². The number of sulfone groups is 1.